The second kappa shape index (κ2) is 8.01. The maximum atomic E-state index is 13.5. The Morgan fingerprint density at radius 3 is 2.50 bits per heavy atom. The predicted molar refractivity (Wildman–Crippen MR) is 114 cm³/mol. The lowest BCUT2D eigenvalue weighted by atomic mass is 9.96. The molecule has 0 N–H and O–H groups in total. The molecule has 1 aromatic heterocycles. The van der Waals surface area contributed by atoms with Gasteiger partial charge in [-0.05, 0) is 48.4 Å². The van der Waals surface area contributed by atoms with Gasteiger partial charge in [0, 0.05) is 5.02 Å². The van der Waals surface area contributed by atoms with Crippen molar-refractivity contribution in [3.05, 3.63) is 101 Å². The first-order chi connectivity index (χ1) is 14.4. The third-order valence-corrected chi connectivity index (χ3v) is 6.02. The molecule has 4 rings (SSSR count). The molecule has 8 heteroatoms. The molecule has 2 heterocycles. The van der Waals surface area contributed by atoms with Gasteiger partial charge in [-0.2, -0.15) is 0 Å². The van der Waals surface area contributed by atoms with E-state index < -0.39 is 17.8 Å². The highest BCUT2D eigenvalue weighted by Gasteiger charge is 2.33. The van der Waals surface area contributed by atoms with Crippen LogP contribution in [0.1, 0.15) is 24.1 Å². The highest BCUT2D eigenvalue weighted by Crippen LogP contribution is 2.30. The number of nitrogens with zero attached hydrogens (tertiary/aromatic N) is 2. The molecular formula is C22H16ClFN2O3S. The van der Waals surface area contributed by atoms with Crippen molar-refractivity contribution in [2.24, 2.45) is 4.99 Å². The molecule has 0 aliphatic carbocycles. The van der Waals surface area contributed by atoms with E-state index >= 15 is 0 Å². The minimum Gasteiger partial charge on any atom is -0.466 e. The molecule has 0 spiro atoms. The molecule has 0 radical (unpaired) electrons. The van der Waals surface area contributed by atoms with Gasteiger partial charge in [-0.1, -0.05) is 47.2 Å². The minimum atomic E-state index is -0.762. The van der Waals surface area contributed by atoms with Crippen LogP contribution in [0.4, 0.5) is 4.39 Å². The highest BCUT2D eigenvalue weighted by atomic mass is 35.5. The third kappa shape index (κ3) is 3.62. The number of hydrogen-bond acceptors (Lipinski definition) is 5. The normalized spacial score (nSPS) is 16.3. The van der Waals surface area contributed by atoms with Gasteiger partial charge in [0.1, 0.15) is 5.82 Å². The molecule has 2 aromatic carbocycles. The first kappa shape index (κ1) is 20.3. The van der Waals surface area contributed by atoms with Crippen LogP contribution in [0.5, 0.6) is 0 Å². The molecule has 0 saturated carbocycles. The van der Waals surface area contributed by atoms with Gasteiger partial charge in [-0.3, -0.25) is 9.36 Å². The molecule has 1 aliphatic rings. The van der Waals surface area contributed by atoms with E-state index in [0.717, 1.165) is 5.56 Å². The van der Waals surface area contributed by atoms with Gasteiger partial charge in [0.2, 0.25) is 0 Å². The number of ether oxygens (including phenoxy) is 1. The maximum Gasteiger partial charge on any atom is 0.338 e. The Morgan fingerprint density at radius 2 is 1.87 bits per heavy atom. The van der Waals surface area contributed by atoms with Crippen LogP contribution in [0, 0.1) is 5.82 Å². The molecule has 1 atom stereocenters. The molecule has 1 aliphatic heterocycles. The quantitative estimate of drug-likeness (QED) is 0.585. The first-order valence-electron chi connectivity index (χ1n) is 9.01. The molecule has 0 amide bonds. The van der Waals surface area contributed by atoms with Gasteiger partial charge >= 0.3 is 5.97 Å². The Balaban J connectivity index is 1.96. The van der Waals surface area contributed by atoms with Gasteiger partial charge in [-0.15, -0.1) is 0 Å². The standard InChI is InChI=1S/C22H16ClFN2O3S/c1-12-18(21(28)29-2)19(14-5-9-16(24)10-6-14)26-20(27)17(30-22(26)25-12)11-13-3-7-15(23)8-4-13/h3-11,19H,1-2H3/b17-11+/t19-/m0/s1. The van der Waals surface area contributed by atoms with Gasteiger partial charge in [0.15, 0.2) is 4.80 Å². The molecule has 0 fully saturated rings. The van der Waals surface area contributed by atoms with Crippen LogP contribution in [0.25, 0.3) is 6.08 Å². The van der Waals surface area contributed by atoms with Crippen molar-refractivity contribution in [1.82, 2.24) is 4.57 Å². The zero-order chi connectivity index (χ0) is 21.4. The zero-order valence-corrected chi connectivity index (χ0v) is 17.6. The fourth-order valence-electron chi connectivity index (χ4n) is 3.36. The van der Waals surface area contributed by atoms with E-state index in [1.54, 1.807) is 37.3 Å². The molecule has 0 saturated heterocycles. The number of fused-ring (bicyclic) bond motifs is 1. The Kier molecular flexibility index (Phi) is 5.40. The maximum absolute atomic E-state index is 13.5. The molecule has 5 nitrogen and oxygen atoms in total. The van der Waals surface area contributed by atoms with Crippen LogP contribution in [-0.2, 0) is 9.53 Å². The summed E-state index contributed by atoms with van der Waals surface area (Å²) in [5.41, 5.74) is 1.80. The van der Waals surface area contributed by atoms with Crippen LogP contribution in [-0.4, -0.2) is 17.6 Å². The van der Waals surface area contributed by atoms with E-state index in [1.165, 1.54) is 35.1 Å². The number of halogens is 2. The number of esters is 1. The average molecular weight is 443 g/mol. The summed E-state index contributed by atoms with van der Waals surface area (Å²) < 4.78 is 20.4. The van der Waals surface area contributed by atoms with Crippen LogP contribution >= 0.6 is 22.9 Å². The lowest BCUT2D eigenvalue weighted by Crippen LogP contribution is -2.39. The SMILES string of the molecule is COC(=O)C1=C(C)N=c2s/c(=C/c3ccc(Cl)cc3)c(=O)n2[C@H]1c1ccc(F)cc1. The Morgan fingerprint density at radius 1 is 1.20 bits per heavy atom. The number of rotatable bonds is 3. The number of methoxy groups -OCH3 is 1. The summed E-state index contributed by atoms with van der Waals surface area (Å²) in [6.45, 7) is 1.69. The van der Waals surface area contributed by atoms with Crippen molar-refractivity contribution in [2.75, 3.05) is 7.11 Å². The van der Waals surface area contributed by atoms with Crippen LogP contribution in [0.2, 0.25) is 5.02 Å². The van der Waals surface area contributed by atoms with Crippen LogP contribution < -0.4 is 14.9 Å². The number of benzene rings is 2. The van der Waals surface area contributed by atoms with Crippen molar-refractivity contribution >= 4 is 35.0 Å². The van der Waals surface area contributed by atoms with E-state index in [-0.39, 0.29) is 11.1 Å². The monoisotopic (exact) mass is 442 g/mol. The van der Waals surface area contributed by atoms with Gasteiger partial charge in [-0.25, -0.2) is 14.2 Å². The molecule has 152 valence electrons. The van der Waals surface area contributed by atoms with Crippen molar-refractivity contribution in [2.45, 2.75) is 13.0 Å². The van der Waals surface area contributed by atoms with Crippen molar-refractivity contribution in [3.63, 3.8) is 0 Å². The van der Waals surface area contributed by atoms with E-state index in [4.69, 9.17) is 16.3 Å². The summed E-state index contributed by atoms with van der Waals surface area (Å²) in [6, 6.07) is 12.0. The van der Waals surface area contributed by atoms with Crippen LogP contribution in [0.15, 0.2) is 69.6 Å². The van der Waals surface area contributed by atoms with Gasteiger partial charge < -0.3 is 4.74 Å². The largest absolute Gasteiger partial charge is 0.466 e. The highest BCUT2D eigenvalue weighted by molar-refractivity contribution is 7.07. The molecule has 3 aromatic rings. The van der Waals surface area contributed by atoms with E-state index in [2.05, 4.69) is 4.99 Å². The summed E-state index contributed by atoms with van der Waals surface area (Å²) in [4.78, 5) is 30.8. The summed E-state index contributed by atoms with van der Waals surface area (Å²) in [5.74, 6) is -0.994. The summed E-state index contributed by atoms with van der Waals surface area (Å²) >= 11 is 7.16. The lowest BCUT2D eigenvalue weighted by molar-refractivity contribution is -0.136. The average Bonchev–Trinajstić information content (AvgIpc) is 3.03. The molecular weight excluding hydrogens is 427 g/mol. The van der Waals surface area contributed by atoms with Gasteiger partial charge in [0.05, 0.1) is 29.0 Å². The third-order valence-electron chi connectivity index (χ3n) is 4.78. The van der Waals surface area contributed by atoms with Crippen molar-refractivity contribution in [1.29, 1.82) is 0 Å². The number of allylic oxidation sites excluding steroid dienone is 1. The van der Waals surface area contributed by atoms with Crippen LogP contribution in [0.3, 0.4) is 0 Å². The summed E-state index contributed by atoms with van der Waals surface area (Å²) in [7, 11) is 1.27. The number of carbonyl (C=O) groups excluding carboxylic acids is 1. The summed E-state index contributed by atoms with van der Waals surface area (Å²) in [5, 5.41) is 0.600. The second-order valence-corrected chi connectivity index (χ2v) is 8.12. The molecule has 0 unspecified atom stereocenters. The first-order valence-corrected chi connectivity index (χ1v) is 10.2. The smallest absolute Gasteiger partial charge is 0.338 e. The Hall–Kier alpha value is -3.03. The Bertz CT molecular complexity index is 1340. The minimum absolute atomic E-state index is 0.245. The van der Waals surface area contributed by atoms with E-state index in [0.29, 0.717) is 25.6 Å². The van der Waals surface area contributed by atoms with Gasteiger partial charge in [0.25, 0.3) is 5.56 Å². The number of hydrogen-bond donors (Lipinski definition) is 0. The topological polar surface area (TPSA) is 60.7 Å². The fourth-order valence-corrected chi connectivity index (χ4v) is 4.54. The molecule has 30 heavy (non-hydrogen) atoms. The fraction of sp³-hybridized carbons (Fsp3) is 0.136. The number of thiazole rings is 1. The Labute approximate surface area is 180 Å². The predicted octanol–water partition coefficient (Wildman–Crippen LogP) is 3.20. The summed E-state index contributed by atoms with van der Waals surface area (Å²) in [6.07, 6.45) is 1.75. The zero-order valence-electron chi connectivity index (χ0n) is 16.1. The second-order valence-electron chi connectivity index (χ2n) is 6.68. The van der Waals surface area contributed by atoms with Crippen molar-refractivity contribution < 1.29 is 13.9 Å². The lowest BCUT2D eigenvalue weighted by Gasteiger charge is -2.24. The van der Waals surface area contributed by atoms with Crippen molar-refractivity contribution in [3.8, 4) is 0 Å². The number of carbonyl (C=O) groups is 1. The number of aromatic nitrogens is 1. The molecule has 0 bridgehead atoms. The van der Waals surface area contributed by atoms with E-state index in [9.17, 15) is 14.0 Å². The van der Waals surface area contributed by atoms with E-state index in [1.807, 2.05) is 12.1 Å².